The van der Waals surface area contributed by atoms with Gasteiger partial charge in [0, 0.05) is 65.8 Å². The molecule has 16 nitrogen and oxygen atoms in total. The van der Waals surface area contributed by atoms with E-state index in [1.807, 2.05) is 18.2 Å². The third kappa shape index (κ3) is 10.0. The van der Waals surface area contributed by atoms with Crippen molar-refractivity contribution in [3.8, 4) is 0 Å². The number of benzene rings is 3. The Hall–Kier alpha value is -7.17. The Balaban J connectivity index is 0.000000164. The predicted molar refractivity (Wildman–Crippen MR) is 283 cm³/mol. The van der Waals surface area contributed by atoms with Crippen molar-refractivity contribution in [3.63, 3.8) is 0 Å². The minimum absolute atomic E-state index is 0.0209. The number of thiocarbonyl (C=S) groups is 2. The van der Waals surface area contributed by atoms with E-state index in [2.05, 4.69) is 39.5 Å². The molecule has 9 rings (SSSR count). The van der Waals surface area contributed by atoms with Crippen molar-refractivity contribution < 1.29 is 28.8 Å². The Morgan fingerprint density at radius 3 is 1.48 bits per heavy atom. The minimum atomic E-state index is -0.386. The van der Waals surface area contributed by atoms with E-state index in [1.54, 1.807) is 77.7 Å². The SMILES string of the molecule is C=C1SC(=S)N(C)C1=O.C=Cc1ccc2c(c1)C(=O)N(C)C2=O.C=Cc1ccc2c3c(cccc13)C(=O)N(C)C2=O.C=c1c(=O)n(C)c(=C)n(C)c1=O.C=c1s/c(=C2/SC(=S)N(C)C2=O)n(C)c1=O. The van der Waals surface area contributed by atoms with Gasteiger partial charge in [0.1, 0.15) is 23.7 Å². The number of imide groups is 2. The molecule has 2 saturated heterocycles. The summed E-state index contributed by atoms with van der Waals surface area (Å²) in [6, 6.07) is 14.2. The third-order valence-electron chi connectivity index (χ3n) is 10.9. The lowest BCUT2D eigenvalue weighted by molar-refractivity contribution is -0.121. The molecule has 0 atom stereocenters. The van der Waals surface area contributed by atoms with Crippen LogP contribution >= 0.6 is 59.3 Å². The van der Waals surface area contributed by atoms with E-state index in [9.17, 15) is 43.2 Å². The summed E-state index contributed by atoms with van der Waals surface area (Å²) >= 11 is 13.5. The van der Waals surface area contributed by atoms with Crippen LogP contribution in [0.4, 0.5) is 0 Å². The first-order valence-electron chi connectivity index (χ1n) is 19.9. The number of thioether (sulfide) groups is 2. The summed E-state index contributed by atoms with van der Waals surface area (Å²) in [5.74, 6) is -1.22. The molecule has 4 aliphatic heterocycles. The van der Waals surface area contributed by atoms with Gasteiger partial charge in [-0.25, -0.2) is 0 Å². The second kappa shape index (κ2) is 21.0. The summed E-state index contributed by atoms with van der Waals surface area (Å²) in [4.78, 5) is 110. The summed E-state index contributed by atoms with van der Waals surface area (Å²) < 4.78 is 6.18. The van der Waals surface area contributed by atoms with Crippen molar-refractivity contribution >= 4 is 151 Å². The quantitative estimate of drug-likeness (QED) is 0.143. The number of hydrogen-bond donors (Lipinski definition) is 0. The van der Waals surface area contributed by atoms with Crippen LogP contribution in [0.25, 0.3) is 47.6 Å². The smallest absolute Gasteiger partial charge is 0.268 e. The highest BCUT2D eigenvalue weighted by Crippen LogP contribution is 2.32. The predicted octanol–water partition coefficient (Wildman–Crippen LogP) is 2.61. The highest BCUT2D eigenvalue weighted by molar-refractivity contribution is 8.30. The van der Waals surface area contributed by atoms with Crippen LogP contribution in [-0.2, 0) is 30.7 Å². The van der Waals surface area contributed by atoms with Gasteiger partial charge in [-0.2, -0.15) is 0 Å². The zero-order valence-corrected chi connectivity index (χ0v) is 42.4. The third-order valence-corrected chi connectivity index (χ3v) is 15.0. The van der Waals surface area contributed by atoms with Crippen LogP contribution in [0.3, 0.4) is 0 Å². The second-order valence-corrected chi connectivity index (χ2v) is 19.5. The van der Waals surface area contributed by atoms with Gasteiger partial charge >= 0.3 is 0 Å². The first kappa shape index (κ1) is 52.8. The summed E-state index contributed by atoms with van der Waals surface area (Å²) in [6.07, 6.45) is 3.38. The first-order chi connectivity index (χ1) is 32.3. The molecule has 21 heteroatoms. The molecule has 0 saturated carbocycles. The number of fused-ring (bicyclic) bond motifs is 1. The zero-order valence-electron chi connectivity index (χ0n) is 38.4. The van der Waals surface area contributed by atoms with Crippen LogP contribution in [0.5, 0.6) is 0 Å². The van der Waals surface area contributed by atoms with E-state index >= 15 is 0 Å². The van der Waals surface area contributed by atoms with Crippen molar-refractivity contribution in [3.05, 3.63) is 158 Å². The van der Waals surface area contributed by atoms with Crippen LogP contribution in [0, 0.1) is 0 Å². The number of likely N-dealkylation sites (N-methyl/N-ethyl adjacent to an activating group) is 1. The van der Waals surface area contributed by atoms with E-state index < -0.39 is 0 Å². The Morgan fingerprint density at radius 1 is 0.522 bits per heavy atom. The zero-order chi connectivity index (χ0) is 51.7. The number of hydrogen-bond acceptors (Lipinski definition) is 14. The lowest BCUT2D eigenvalue weighted by atomic mass is 9.91. The number of carbonyl (C=O) groups is 6. The molecule has 0 unspecified atom stereocenters. The molecule has 0 bridgehead atoms. The molecule has 2 fully saturated rings. The Morgan fingerprint density at radius 2 is 1.03 bits per heavy atom. The number of rotatable bonds is 2. The average Bonchev–Trinajstić information content (AvgIpc) is 3.93. The Bertz CT molecular complexity index is 3540. The Labute approximate surface area is 417 Å². The molecular weight excluding hydrogens is 979 g/mol. The topological polar surface area (TPSA) is 181 Å². The summed E-state index contributed by atoms with van der Waals surface area (Å²) in [5, 5.41) is 1.62. The van der Waals surface area contributed by atoms with Gasteiger partial charge in [0.2, 0.25) is 0 Å². The van der Waals surface area contributed by atoms with Crippen molar-refractivity contribution in [2.24, 2.45) is 21.1 Å². The van der Waals surface area contributed by atoms with Crippen molar-refractivity contribution in [2.45, 2.75) is 0 Å². The largest absolute Gasteiger partial charge is 0.301 e. The average molecular weight is 1020 g/mol. The van der Waals surface area contributed by atoms with Gasteiger partial charge in [0.25, 0.3) is 52.1 Å². The van der Waals surface area contributed by atoms with Gasteiger partial charge < -0.3 is 4.57 Å². The normalized spacial score (nSPS) is 15.6. The molecule has 0 spiro atoms. The van der Waals surface area contributed by atoms with Crippen molar-refractivity contribution in [2.75, 3.05) is 28.2 Å². The number of amides is 6. The lowest BCUT2D eigenvalue weighted by Gasteiger charge is -2.24. The van der Waals surface area contributed by atoms with Crippen LogP contribution in [-0.4, -0.2) is 106 Å². The van der Waals surface area contributed by atoms with Crippen molar-refractivity contribution in [1.29, 1.82) is 0 Å². The second-order valence-electron chi connectivity index (χ2n) is 15.0. The van der Waals surface area contributed by atoms with Gasteiger partial charge in [-0.3, -0.25) is 71.9 Å². The lowest BCUT2D eigenvalue weighted by Crippen LogP contribution is -2.55. The molecule has 3 aromatic carbocycles. The molecule has 69 heavy (non-hydrogen) atoms. The maximum atomic E-state index is 12.1. The standard InChI is InChI=1S/C15H11NO2.C11H9NO2.C9H8N2O2S3.C8H10N2O2.C5H5NOS2/c1-3-9-7-8-12-13-10(9)5-4-6-11(13)14(17)16(2)15(12)18;1-3-7-4-5-8-9(6-7)11(14)12(2)10(8)13;1-4-6(12)10(2)8(15-4)5-7(13)11(3)9(14)16-5;1-5-7(11)9(3)6(2)10(4)8(5)12;1-3-4(7)6(2)5(8)9-3/h3-8H,1H2,2H3;3-6H,1H2,2H3;1H2,2-3H3;1-2H2,3-4H3;1H2,2H3/b;;8-5+;;. The van der Waals surface area contributed by atoms with E-state index in [4.69, 9.17) is 24.4 Å². The maximum Gasteiger partial charge on any atom is 0.268 e. The number of thiazole rings is 1. The van der Waals surface area contributed by atoms with E-state index in [0.29, 0.717) is 55.4 Å². The summed E-state index contributed by atoms with van der Waals surface area (Å²) in [6.45, 7) is 21.5. The fourth-order valence-corrected chi connectivity index (χ4v) is 9.97. The molecule has 0 radical (unpaired) electrons. The maximum absolute atomic E-state index is 12.1. The van der Waals surface area contributed by atoms with E-state index in [0.717, 1.165) is 31.7 Å². The van der Waals surface area contributed by atoms with Crippen LogP contribution in [0.2, 0.25) is 0 Å². The first-order valence-corrected chi connectivity index (χ1v) is 23.2. The molecule has 4 aliphatic rings. The van der Waals surface area contributed by atoms with Crippen LogP contribution in [0.1, 0.15) is 52.6 Å². The number of aromatic nitrogens is 3. The molecule has 2 aromatic heterocycles. The van der Waals surface area contributed by atoms with Gasteiger partial charge in [0.15, 0.2) is 0 Å². The molecule has 6 heterocycles. The molecule has 6 amide bonds. The minimum Gasteiger partial charge on any atom is -0.301 e. The van der Waals surface area contributed by atoms with Crippen molar-refractivity contribution in [1.82, 2.24) is 33.3 Å². The number of carbonyl (C=O) groups excluding carboxylic acids is 6. The summed E-state index contributed by atoms with van der Waals surface area (Å²) in [5.41, 5.74) is 3.31. The molecule has 5 aromatic rings. The molecule has 0 aliphatic carbocycles. The van der Waals surface area contributed by atoms with Gasteiger partial charge in [-0.1, -0.05) is 124 Å². The van der Waals surface area contributed by atoms with E-state index in [1.165, 1.54) is 72.5 Å². The van der Waals surface area contributed by atoms with Gasteiger partial charge in [-0.15, -0.1) is 11.3 Å². The monoisotopic (exact) mass is 1020 g/mol. The highest BCUT2D eigenvalue weighted by Gasteiger charge is 2.33. The molecule has 0 N–H and O–H groups in total. The summed E-state index contributed by atoms with van der Waals surface area (Å²) in [7, 11) is 11.0. The highest BCUT2D eigenvalue weighted by atomic mass is 32.2. The fraction of sp³-hybridized carbons (Fsp3) is 0.146. The molecular formula is C48H43N7O9S5. The van der Waals surface area contributed by atoms with Gasteiger partial charge in [0.05, 0.1) is 25.8 Å². The van der Waals surface area contributed by atoms with E-state index in [-0.39, 0.29) is 57.3 Å². The molecule has 354 valence electrons. The Kier molecular flexibility index (Phi) is 16.1. The van der Waals surface area contributed by atoms with Crippen LogP contribution in [0.15, 0.2) is 87.6 Å². The van der Waals surface area contributed by atoms with Crippen LogP contribution < -0.4 is 36.6 Å². The van der Waals surface area contributed by atoms with Gasteiger partial charge in [-0.05, 0) is 40.8 Å². The number of nitrogens with zero attached hydrogens (tertiary/aromatic N) is 7. The fourth-order valence-electron chi connectivity index (χ4n) is 6.64.